The molecule has 0 saturated carbocycles. The lowest BCUT2D eigenvalue weighted by Crippen LogP contribution is -2.20. The predicted molar refractivity (Wildman–Crippen MR) is 136 cm³/mol. The molecule has 8 heteroatoms. The summed E-state index contributed by atoms with van der Waals surface area (Å²) in [5.41, 5.74) is -0.956. The van der Waals surface area contributed by atoms with Gasteiger partial charge in [0.25, 0.3) is 5.56 Å². The first-order valence-electron chi connectivity index (χ1n) is 11.2. The number of nitrogens with zero attached hydrogens (tertiary/aromatic N) is 2. The van der Waals surface area contributed by atoms with Crippen LogP contribution in [0, 0.1) is 0 Å². The van der Waals surface area contributed by atoms with Crippen molar-refractivity contribution < 1.29 is 23.0 Å². The van der Waals surface area contributed by atoms with E-state index in [1.807, 2.05) is 30.3 Å². The standard InChI is InChI=1S/C29H19F3N2O3/c30-29(31,32)19-7-6-8-21(17-19)34-27(35)25-12-5-4-11-24(25)26(28(34)36)18-33-20-13-15-23(16-14-20)37-22-9-2-1-3-10-22/h1-18,36H. The molecule has 5 rings (SSSR count). The number of fused-ring (bicyclic) bond motifs is 1. The molecular formula is C29H19F3N2O3. The summed E-state index contributed by atoms with van der Waals surface area (Å²) in [7, 11) is 0. The van der Waals surface area contributed by atoms with Gasteiger partial charge >= 0.3 is 6.18 Å². The van der Waals surface area contributed by atoms with E-state index in [4.69, 9.17) is 4.74 Å². The second-order valence-corrected chi connectivity index (χ2v) is 8.14. The van der Waals surface area contributed by atoms with E-state index in [9.17, 15) is 23.1 Å². The van der Waals surface area contributed by atoms with Gasteiger partial charge in [0.15, 0.2) is 0 Å². The summed E-state index contributed by atoms with van der Waals surface area (Å²) in [5.74, 6) is 0.777. The van der Waals surface area contributed by atoms with Crippen LogP contribution in [0.5, 0.6) is 17.4 Å². The van der Waals surface area contributed by atoms with Crippen LogP contribution in [0.2, 0.25) is 0 Å². The number of aromatic nitrogens is 1. The van der Waals surface area contributed by atoms with Gasteiger partial charge in [0.05, 0.1) is 22.5 Å². The summed E-state index contributed by atoms with van der Waals surface area (Å²) in [6.45, 7) is 0. The number of alkyl halides is 3. The minimum atomic E-state index is -4.60. The van der Waals surface area contributed by atoms with Crippen LogP contribution in [0.1, 0.15) is 11.1 Å². The molecule has 0 radical (unpaired) electrons. The van der Waals surface area contributed by atoms with Gasteiger partial charge in [-0.1, -0.05) is 42.5 Å². The quantitative estimate of drug-likeness (QED) is 0.258. The average Bonchev–Trinajstić information content (AvgIpc) is 2.90. The number of benzene rings is 4. The van der Waals surface area contributed by atoms with Crippen molar-refractivity contribution in [2.45, 2.75) is 6.18 Å². The maximum atomic E-state index is 13.3. The summed E-state index contributed by atoms with van der Waals surface area (Å²) in [4.78, 5) is 17.6. The van der Waals surface area contributed by atoms with Crippen LogP contribution < -0.4 is 10.3 Å². The lowest BCUT2D eigenvalue weighted by atomic mass is 10.1. The molecule has 4 aromatic carbocycles. The zero-order chi connectivity index (χ0) is 26.0. The Bertz CT molecular complexity index is 1660. The Hall–Kier alpha value is -4.85. The Morgan fingerprint density at radius 3 is 2.14 bits per heavy atom. The SMILES string of the molecule is O=c1c2ccccc2c(C=Nc2ccc(Oc3ccccc3)cc2)c(O)n1-c1cccc(C(F)(F)F)c1. The molecule has 0 spiro atoms. The average molecular weight is 500 g/mol. The van der Waals surface area contributed by atoms with Crippen LogP contribution in [-0.2, 0) is 6.18 Å². The van der Waals surface area contributed by atoms with Crippen LogP contribution in [0.3, 0.4) is 0 Å². The fourth-order valence-electron chi connectivity index (χ4n) is 3.91. The van der Waals surface area contributed by atoms with Crippen LogP contribution in [0.25, 0.3) is 16.5 Å². The number of para-hydroxylation sites is 1. The second kappa shape index (κ2) is 9.66. The molecule has 0 atom stereocenters. The molecule has 184 valence electrons. The molecular weight excluding hydrogens is 481 g/mol. The molecule has 5 aromatic rings. The van der Waals surface area contributed by atoms with Gasteiger partial charge < -0.3 is 9.84 Å². The maximum Gasteiger partial charge on any atom is 0.416 e. The van der Waals surface area contributed by atoms with Gasteiger partial charge in [0.1, 0.15) is 11.5 Å². The van der Waals surface area contributed by atoms with Gasteiger partial charge in [-0.25, -0.2) is 4.57 Å². The Kier molecular flexibility index (Phi) is 6.23. The Morgan fingerprint density at radius 2 is 1.43 bits per heavy atom. The third kappa shape index (κ3) is 4.95. The van der Waals surface area contributed by atoms with Crippen molar-refractivity contribution >= 4 is 22.7 Å². The molecule has 0 amide bonds. The van der Waals surface area contributed by atoms with Crippen molar-refractivity contribution in [1.29, 1.82) is 0 Å². The highest BCUT2D eigenvalue weighted by atomic mass is 19.4. The number of aliphatic imine (C=N–C) groups is 1. The lowest BCUT2D eigenvalue weighted by Gasteiger charge is -2.15. The zero-order valence-electron chi connectivity index (χ0n) is 19.2. The Balaban J connectivity index is 1.55. The summed E-state index contributed by atoms with van der Waals surface area (Å²) < 4.78 is 46.5. The maximum absolute atomic E-state index is 13.3. The van der Waals surface area contributed by atoms with Gasteiger partial charge in [-0.2, -0.15) is 13.2 Å². The van der Waals surface area contributed by atoms with E-state index in [-0.39, 0.29) is 16.6 Å². The van der Waals surface area contributed by atoms with Crippen molar-refractivity contribution in [1.82, 2.24) is 4.57 Å². The smallest absolute Gasteiger partial charge is 0.416 e. The highest BCUT2D eigenvalue weighted by Gasteiger charge is 2.31. The van der Waals surface area contributed by atoms with Crippen LogP contribution in [-0.4, -0.2) is 15.9 Å². The molecule has 0 unspecified atom stereocenters. The van der Waals surface area contributed by atoms with E-state index in [1.165, 1.54) is 18.3 Å². The second-order valence-electron chi connectivity index (χ2n) is 8.14. The third-order valence-electron chi connectivity index (χ3n) is 5.69. The number of hydrogen-bond donors (Lipinski definition) is 1. The van der Waals surface area contributed by atoms with Gasteiger partial charge in [-0.3, -0.25) is 9.79 Å². The molecule has 0 aliphatic rings. The number of rotatable bonds is 5. The first-order chi connectivity index (χ1) is 17.8. The van der Waals surface area contributed by atoms with Crippen LogP contribution in [0.4, 0.5) is 18.9 Å². The van der Waals surface area contributed by atoms with Gasteiger partial charge in [0, 0.05) is 17.0 Å². The molecule has 0 saturated heterocycles. The van der Waals surface area contributed by atoms with E-state index < -0.39 is 23.2 Å². The van der Waals surface area contributed by atoms with Crippen molar-refractivity contribution in [2.75, 3.05) is 0 Å². The minimum absolute atomic E-state index is 0.111. The van der Waals surface area contributed by atoms with E-state index >= 15 is 0 Å². The minimum Gasteiger partial charge on any atom is -0.494 e. The highest BCUT2D eigenvalue weighted by Crippen LogP contribution is 2.32. The monoisotopic (exact) mass is 500 g/mol. The number of pyridine rings is 1. The van der Waals surface area contributed by atoms with Gasteiger partial charge in [-0.05, 0) is 60.7 Å². The molecule has 37 heavy (non-hydrogen) atoms. The van der Waals surface area contributed by atoms with Crippen LogP contribution in [0.15, 0.2) is 113 Å². The Morgan fingerprint density at radius 1 is 0.784 bits per heavy atom. The Labute approximate surface area is 209 Å². The zero-order valence-corrected chi connectivity index (χ0v) is 19.2. The summed E-state index contributed by atoms with van der Waals surface area (Å²) >= 11 is 0. The fourth-order valence-corrected chi connectivity index (χ4v) is 3.91. The topological polar surface area (TPSA) is 63.8 Å². The molecule has 1 N–H and O–H groups in total. The van der Waals surface area contributed by atoms with Crippen LogP contribution >= 0.6 is 0 Å². The molecule has 0 bridgehead atoms. The number of ether oxygens (including phenoxy) is 1. The highest BCUT2D eigenvalue weighted by molar-refractivity contribution is 6.02. The number of aromatic hydroxyl groups is 1. The normalized spacial score (nSPS) is 11.8. The van der Waals surface area contributed by atoms with Crippen molar-refractivity contribution in [2.24, 2.45) is 4.99 Å². The van der Waals surface area contributed by atoms with Crippen molar-refractivity contribution in [3.63, 3.8) is 0 Å². The van der Waals surface area contributed by atoms with Gasteiger partial charge in [-0.15, -0.1) is 0 Å². The molecule has 0 fully saturated rings. The predicted octanol–water partition coefficient (Wildman–Crippen LogP) is 7.26. The first-order valence-corrected chi connectivity index (χ1v) is 11.2. The van der Waals surface area contributed by atoms with E-state index in [0.29, 0.717) is 22.6 Å². The summed E-state index contributed by atoms with van der Waals surface area (Å²) in [6.07, 6.45) is -3.22. The van der Waals surface area contributed by atoms with E-state index in [0.717, 1.165) is 16.7 Å². The summed E-state index contributed by atoms with van der Waals surface area (Å²) in [5, 5.41) is 11.7. The first kappa shape index (κ1) is 23.9. The summed E-state index contributed by atoms with van der Waals surface area (Å²) in [6, 6.07) is 27.0. The number of hydrogen-bond acceptors (Lipinski definition) is 4. The largest absolute Gasteiger partial charge is 0.494 e. The third-order valence-corrected chi connectivity index (χ3v) is 5.69. The lowest BCUT2D eigenvalue weighted by molar-refractivity contribution is -0.137. The van der Waals surface area contributed by atoms with Gasteiger partial charge in [0.2, 0.25) is 5.88 Å². The molecule has 5 nitrogen and oxygen atoms in total. The van der Waals surface area contributed by atoms with E-state index in [1.54, 1.807) is 48.5 Å². The van der Waals surface area contributed by atoms with Crippen molar-refractivity contribution in [3.05, 3.63) is 125 Å². The molecule has 0 aliphatic carbocycles. The van der Waals surface area contributed by atoms with Crippen molar-refractivity contribution in [3.8, 4) is 23.1 Å². The fraction of sp³-hybridized carbons (Fsp3) is 0.0345. The molecule has 0 aliphatic heterocycles. The molecule has 1 aromatic heterocycles. The molecule has 1 heterocycles. The number of halogens is 3. The van der Waals surface area contributed by atoms with E-state index in [2.05, 4.69) is 4.99 Å².